The maximum atomic E-state index is 13.6. The minimum atomic E-state index is -0.881. The summed E-state index contributed by atoms with van der Waals surface area (Å²) in [6, 6.07) is 3.10. The topological polar surface area (TPSA) is 55.1 Å². The Morgan fingerprint density at radius 3 is 2.95 bits per heavy atom. The van der Waals surface area contributed by atoms with Crippen LogP contribution in [0.15, 0.2) is 21.8 Å². The van der Waals surface area contributed by atoms with Crippen LogP contribution in [0.25, 0.3) is 11.0 Å². The molecular formula is C14H14BrFN2O2S. The summed E-state index contributed by atoms with van der Waals surface area (Å²) < 4.78 is 16.0. The van der Waals surface area contributed by atoms with Crippen LogP contribution in [-0.2, 0) is 11.3 Å². The fourth-order valence-electron chi connectivity index (χ4n) is 2.27. The number of aliphatic carboxylic acids is 1. The van der Waals surface area contributed by atoms with Gasteiger partial charge in [-0.25, -0.2) is 9.37 Å². The summed E-state index contributed by atoms with van der Waals surface area (Å²) in [6.07, 6.45) is 3.59. The molecule has 1 N–H and O–H groups in total. The summed E-state index contributed by atoms with van der Waals surface area (Å²) in [5.74, 6) is -0.517. The van der Waals surface area contributed by atoms with Gasteiger partial charge in [-0.15, -0.1) is 0 Å². The molecule has 2 aromatic rings. The van der Waals surface area contributed by atoms with Gasteiger partial charge in [-0.05, 0) is 34.3 Å². The molecule has 7 heteroatoms. The molecule has 1 saturated carbocycles. The van der Waals surface area contributed by atoms with E-state index >= 15 is 0 Å². The number of hydrogen-bond acceptors (Lipinski definition) is 3. The molecule has 0 saturated heterocycles. The Balaban J connectivity index is 1.96. The first-order chi connectivity index (χ1) is 10.0. The van der Waals surface area contributed by atoms with E-state index in [1.807, 2.05) is 4.57 Å². The molecule has 0 unspecified atom stereocenters. The number of aryl methyl sites for hydroxylation is 1. The van der Waals surface area contributed by atoms with Crippen LogP contribution in [0.3, 0.4) is 0 Å². The smallest absolute Gasteiger partial charge is 0.313 e. The molecule has 1 heterocycles. The number of rotatable bonds is 6. The summed E-state index contributed by atoms with van der Waals surface area (Å²) in [6.45, 7) is 0.793. The number of imidazole rings is 1. The van der Waals surface area contributed by atoms with Crippen LogP contribution >= 0.6 is 27.7 Å². The maximum absolute atomic E-state index is 13.6. The van der Waals surface area contributed by atoms with Gasteiger partial charge in [0.1, 0.15) is 5.82 Å². The molecule has 1 aliphatic carbocycles. The number of aromatic nitrogens is 2. The molecule has 0 spiro atoms. The first-order valence-electron chi connectivity index (χ1n) is 6.74. The van der Waals surface area contributed by atoms with Crippen LogP contribution in [-0.4, -0.2) is 26.4 Å². The summed E-state index contributed by atoms with van der Waals surface area (Å²) >= 11 is 4.38. The molecule has 1 aliphatic rings. The zero-order chi connectivity index (χ0) is 15.0. The predicted octanol–water partition coefficient (Wildman–Crippen LogP) is 3.91. The first-order valence-corrected chi connectivity index (χ1v) is 8.52. The lowest BCUT2D eigenvalue weighted by atomic mass is 10.2. The number of carboxylic acids is 1. The van der Waals surface area contributed by atoms with E-state index in [9.17, 15) is 9.18 Å². The van der Waals surface area contributed by atoms with Gasteiger partial charge in [0.05, 0.1) is 21.3 Å². The van der Waals surface area contributed by atoms with E-state index in [0.717, 1.165) is 24.4 Å². The van der Waals surface area contributed by atoms with Crippen molar-refractivity contribution >= 4 is 44.7 Å². The van der Waals surface area contributed by atoms with Gasteiger partial charge >= 0.3 is 5.97 Å². The molecule has 0 amide bonds. The number of carbonyl (C=O) groups is 1. The fraction of sp³-hybridized carbons (Fsp3) is 0.429. The Bertz CT molecular complexity index is 700. The molecule has 1 fully saturated rings. The van der Waals surface area contributed by atoms with Crippen molar-refractivity contribution in [2.75, 3.05) is 5.75 Å². The second kappa shape index (κ2) is 5.96. The molecule has 21 heavy (non-hydrogen) atoms. The highest BCUT2D eigenvalue weighted by atomic mass is 79.9. The van der Waals surface area contributed by atoms with Crippen molar-refractivity contribution in [2.24, 2.45) is 5.92 Å². The summed E-state index contributed by atoms with van der Waals surface area (Å²) in [5, 5.41) is 9.48. The van der Waals surface area contributed by atoms with E-state index in [4.69, 9.17) is 5.11 Å². The van der Waals surface area contributed by atoms with Crippen molar-refractivity contribution < 1.29 is 14.3 Å². The molecule has 3 rings (SSSR count). The lowest BCUT2D eigenvalue weighted by molar-refractivity contribution is -0.133. The molecule has 1 aromatic carbocycles. The van der Waals surface area contributed by atoms with Crippen molar-refractivity contribution in [1.82, 2.24) is 9.55 Å². The van der Waals surface area contributed by atoms with Crippen molar-refractivity contribution in [3.63, 3.8) is 0 Å². The number of carboxylic acid groups (broad SMARTS) is 1. The van der Waals surface area contributed by atoms with E-state index in [0.29, 0.717) is 15.1 Å². The van der Waals surface area contributed by atoms with Gasteiger partial charge in [0.15, 0.2) is 5.16 Å². The van der Waals surface area contributed by atoms with Crippen LogP contribution in [0.1, 0.15) is 19.3 Å². The summed E-state index contributed by atoms with van der Waals surface area (Å²) in [4.78, 5) is 15.1. The minimum Gasteiger partial charge on any atom is -0.481 e. The number of hydrogen-bond donors (Lipinski definition) is 1. The average Bonchev–Trinajstić information content (AvgIpc) is 3.19. The Morgan fingerprint density at radius 1 is 1.52 bits per heavy atom. The van der Waals surface area contributed by atoms with Gasteiger partial charge in [0, 0.05) is 12.6 Å². The highest BCUT2D eigenvalue weighted by molar-refractivity contribution is 9.10. The Kier molecular flexibility index (Phi) is 4.21. The molecule has 1 aromatic heterocycles. The number of fused-ring (bicyclic) bond motifs is 1. The standard InChI is InChI=1S/C14H14BrFN2O2S/c15-9-5-12-11(6-10(9)16)17-14(21-7-13(19)20)18(12)4-3-8-1-2-8/h5-6,8H,1-4,7H2,(H,19,20). The molecule has 4 nitrogen and oxygen atoms in total. The van der Waals surface area contributed by atoms with E-state index in [-0.39, 0.29) is 11.6 Å². The number of nitrogens with zero attached hydrogens (tertiary/aromatic N) is 2. The van der Waals surface area contributed by atoms with Crippen LogP contribution in [0.2, 0.25) is 0 Å². The van der Waals surface area contributed by atoms with Crippen LogP contribution in [0, 0.1) is 11.7 Å². The van der Waals surface area contributed by atoms with E-state index in [2.05, 4.69) is 20.9 Å². The van der Waals surface area contributed by atoms with Gasteiger partial charge in [0.25, 0.3) is 0 Å². The molecule has 0 atom stereocenters. The molecule has 0 radical (unpaired) electrons. The van der Waals surface area contributed by atoms with Crippen molar-refractivity contribution in [3.05, 3.63) is 22.4 Å². The third-order valence-electron chi connectivity index (χ3n) is 3.54. The predicted molar refractivity (Wildman–Crippen MR) is 83.1 cm³/mol. The van der Waals surface area contributed by atoms with Gasteiger partial charge in [-0.3, -0.25) is 4.79 Å². The fourth-order valence-corrected chi connectivity index (χ4v) is 3.36. The maximum Gasteiger partial charge on any atom is 0.313 e. The summed E-state index contributed by atoms with van der Waals surface area (Å²) in [5.41, 5.74) is 1.41. The first kappa shape index (κ1) is 14.8. The normalized spacial score (nSPS) is 14.8. The molecule has 0 aliphatic heterocycles. The van der Waals surface area contributed by atoms with Gasteiger partial charge < -0.3 is 9.67 Å². The third-order valence-corrected chi connectivity index (χ3v) is 5.11. The van der Waals surface area contributed by atoms with Crippen LogP contribution in [0.5, 0.6) is 0 Å². The average molecular weight is 373 g/mol. The monoisotopic (exact) mass is 372 g/mol. The highest BCUT2D eigenvalue weighted by Gasteiger charge is 2.22. The minimum absolute atomic E-state index is 0.0452. The van der Waals surface area contributed by atoms with E-state index in [1.165, 1.54) is 30.7 Å². The second-order valence-electron chi connectivity index (χ2n) is 5.22. The van der Waals surface area contributed by atoms with Gasteiger partial charge in [0.2, 0.25) is 0 Å². The number of benzene rings is 1. The van der Waals surface area contributed by atoms with Gasteiger partial charge in [-0.1, -0.05) is 24.6 Å². The van der Waals surface area contributed by atoms with Crippen LogP contribution in [0.4, 0.5) is 4.39 Å². The quantitative estimate of drug-likeness (QED) is 0.780. The lowest BCUT2D eigenvalue weighted by Crippen LogP contribution is -2.04. The van der Waals surface area contributed by atoms with Crippen molar-refractivity contribution in [2.45, 2.75) is 31.0 Å². The Labute approximate surface area is 133 Å². The van der Waals surface area contributed by atoms with E-state index in [1.54, 1.807) is 6.07 Å². The zero-order valence-corrected chi connectivity index (χ0v) is 13.6. The second-order valence-corrected chi connectivity index (χ2v) is 7.01. The largest absolute Gasteiger partial charge is 0.481 e. The summed E-state index contributed by atoms with van der Waals surface area (Å²) in [7, 11) is 0. The molecule has 0 bridgehead atoms. The van der Waals surface area contributed by atoms with E-state index < -0.39 is 5.97 Å². The van der Waals surface area contributed by atoms with Crippen LogP contribution < -0.4 is 0 Å². The number of halogens is 2. The van der Waals surface area contributed by atoms with Gasteiger partial charge in [-0.2, -0.15) is 0 Å². The highest BCUT2D eigenvalue weighted by Crippen LogP contribution is 2.35. The molecule has 112 valence electrons. The SMILES string of the molecule is O=C(O)CSc1nc2cc(F)c(Br)cc2n1CCC1CC1. The number of thioether (sulfide) groups is 1. The Morgan fingerprint density at radius 2 is 2.29 bits per heavy atom. The Hall–Kier alpha value is -1.08. The molecular weight excluding hydrogens is 359 g/mol. The zero-order valence-electron chi connectivity index (χ0n) is 11.2. The van der Waals surface area contributed by atoms with Crippen molar-refractivity contribution in [1.29, 1.82) is 0 Å². The third kappa shape index (κ3) is 3.40. The van der Waals surface area contributed by atoms with Crippen molar-refractivity contribution in [3.8, 4) is 0 Å². The lowest BCUT2D eigenvalue weighted by Gasteiger charge is -2.08.